The lowest BCUT2D eigenvalue weighted by molar-refractivity contribution is -0.143. The van der Waals surface area contributed by atoms with Gasteiger partial charge in [0.1, 0.15) is 11.4 Å². The Morgan fingerprint density at radius 3 is 1.98 bits per heavy atom. The van der Waals surface area contributed by atoms with E-state index in [0.29, 0.717) is 43.5 Å². The van der Waals surface area contributed by atoms with Crippen molar-refractivity contribution in [2.24, 2.45) is 0 Å². The number of benzene rings is 2. The number of ether oxygens (including phenoxy) is 1. The number of likely N-dealkylation sites (tertiary alicyclic amines) is 1. The predicted octanol–water partition coefficient (Wildman–Crippen LogP) is 8.13. The van der Waals surface area contributed by atoms with Gasteiger partial charge in [-0.05, 0) is 88.4 Å². The van der Waals surface area contributed by atoms with Crippen LogP contribution in [0.3, 0.4) is 0 Å². The van der Waals surface area contributed by atoms with Gasteiger partial charge in [-0.3, -0.25) is 4.79 Å². The van der Waals surface area contributed by atoms with Crippen LogP contribution in [0.25, 0.3) is 0 Å². The number of alkyl halides is 6. The lowest BCUT2D eigenvalue weighted by Gasteiger charge is -2.36. The highest BCUT2D eigenvalue weighted by Crippen LogP contribution is 2.41. The van der Waals surface area contributed by atoms with Crippen LogP contribution in [0.4, 0.5) is 35.5 Å². The second-order valence-corrected chi connectivity index (χ2v) is 11.8. The van der Waals surface area contributed by atoms with Crippen LogP contribution in [0.15, 0.2) is 42.5 Å². The summed E-state index contributed by atoms with van der Waals surface area (Å²) in [6.07, 6.45) is -9.52. The van der Waals surface area contributed by atoms with Gasteiger partial charge < -0.3 is 14.5 Å². The third kappa shape index (κ3) is 8.16. The Labute approximate surface area is 240 Å². The molecule has 2 amide bonds. The van der Waals surface area contributed by atoms with Crippen LogP contribution in [-0.2, 0) is 27.3 Å². The molecule has 0 bridgehead atoms. The van der Waals surface area contributed by atoms with E-state index in [-0.39, 0.29) is 24.6 Å². The summed E-state index contributed by atoms with van der Waals surface area (Å²) in [5, 5.41) is 0. The minimum atomic E-state index is -5.02. The molecule has 42 heavy (non-hydrogen) atoms. The molecule has 232 valence electrons. The van der Waals surface area contributed by atoms with Crippen LogP contribution in [0.5, 0.6) is 0 Å². The molecule has 0 radical (unpaired) electrons. The molecule has 1 fully saturated rings. The lowest BCUT2D eigenvalue weighted by atomic mass is 9.71. The number of rotatable bonds is 5. The summed E-state index contributed by atoms with van der Waals surface area (Å²) < 4.78 is 99.9. The molecule has 12 heteroatoms. The van der Waals surface area contributed by atoms with Crippen molar-refractivity contribution in [2.75, 3.05) is 20.1 Å². The zero-order valence-electron chi connectivity index (χ0n) is 24.1. The van der Waals surface area contributed by atoms with Crippen molar-refractivity contribution < 1.29 is 45.1 Å². The molecular formula is C30H35F7N2O3. The Hall–Kier alpha value is -3.31. The highest BCUT2D eigenvalue weighted by atomic mass is 19.4. The van der Waals surface area contributed by atoms with E-state index >= 15 is 0 Å². The number of amides is 2. The summed E-state index contributed by atoms with van der Waals surface area (Å²) in [6, 6.07) is 5.76. The SMILES string of the molecule is C[C@H](c1cc(C(F)(F)F)cc(C(F)(F)F)c1)N(C)C(=O)CC1(c2ccc(F)cc2)CCCN(C(=O)OC(C)(C)C)CC1. The first-order valence-electron chi connectivity index (χ1n) is 13.5. The van der Waals surface area contributed by atoms with Gasteiger partial charge >= 0.3 is 18.4 Å². The van der Waals surface area contributed by atoms with Crippen molar-refractivity contribution in [2.45, 2.75) is 82.8 Å². The van der Waals surface area contributed by atoms with E-state index in [0.717, 1.165) is 4.90 Å². The molecule has 1 heterocycles. The van der Waals surface area contributed by atoms with E-state index in [9.17, 15) is 40.3 Å². The minimum absolute atomic E-state index is 0.0452. The Balaban J connectivity index is 1.92. The second-order valence-electron chi connectivity index (χ2n) is 11.8. The predicted molar refractivity (Wildman–Crippen MR) is 142 cm³/mol. The molecule has 1 aliphatic rings. The molecule has 0 saturated carbocycles. The highest BCUT2D eigenvalue weighted by molar-refractivity contribution is 5.78. The van der Waals surface area contributed by atoms with E-state index in [1.54, 1.807) is 32.9 Å². The molecule has 1 unspecified atom stereocenters. The van der Waals surface area contributed by atoms with Gasteiger partial charge in [0, 0.05) is 32.0 Å². The average molecular weight is 605 g/mol. The van der Waals surface area contributed by atoms with Gasteiger partial charge in [0.15, 0.2) is 0 Å². The summed E-state index contributed by atoms with van der Waals surface area (Å²) >= 11 is 0. The molecule has 2 atom stereocenters. The van der Waals surface area contributed by atoms with Crippen LogP contribution < -0.4 is 0 Å². The van der Waals surface area contributed by atoms with E-state index in [4.69, 9.17) is 4.74 Å². The smallest absolute Gasteiger partial charge is 0.416 e. The molecule has 1 saturated heterocycles. The first-order chi connectivity index (χ1) is 19.2. The summed E-state index contributed by atoms with van der Waals surface area (Å²) in [6.45, 7) is 7.15. The van der Waals surface area contributed by atoms with Crippen LogP contribution >= 0.6 is 0 Å². The van der Waals surface area contributed by atoms with E-state index < -0.39 is 58.4 Å². The lowest BCUT2D eigenvalue weighted by Crippen LogP contribution is -2.40. The van der Waals surface area contributed by atoms with Gasteiger partial charge in [-0.2, -0.15) is 26.3 Å². The maximum atomic E-state index is 13.8. The number of hydrogen-bond acceptors (Lipinski definition) is 3. The Morgan fingerprint density at radius 2 is 1.48 bits per heavy atom. The van der Waals surface area contributed by atoms with Gasteiger partial charge in [-0.25, -0.2) is 9.18 Å². The van der Waals surface area contributed by atoms with Crippen molar-refractivity contribution in [1.82, 2.24) is 9.80 Å². The Bertz CT molecular complexity index is 1240. The normalized spacial score (nSPS) is 19.2. The summed E-state index contributed by atoms with van der Waals surface area (Å²) in [5.41, 5.74) is -4.20. The fourth-order valence-electron chi connectivity index (χ4n) is 5.15. The average Bonchev–Trinajstić information content (AvgIpc) is 3.09. The molecule has 0 spiro atoms. The van der Waals surface area contributed by atoms with Crippen molar-refractivity contribution >= 4 is 12.0 Å². The van der Waals surface area contributed by atoms with Gasteiger partial charge in [-0.15, -0.1) is 0 Å². The molecule has 2 aromatic rings. The van der Waals surface area contributed by atoms with Gasteiger partial charge in [0.2, 0.25) is 5.91 Å². The van der Waals surface area contributed by atoms with Gasteiger partial charge in [0.25, 0.3) is 0 Å². The molecule has 2 aromatic carbocycles. The van der Waals surface area contributed by atoms with Crippen LogP contribution in [0, 0.1) is 5.82 Å². The van der Waals surface area contributed by atoms with E-state index in [1.807, 2.05) is 0 Å². The fraction of sp³-hybridized carbons (Fsp3) is 0.533. The monoisotopic (exact) mass is 604 g/mol. The third-order valence-corrected chi connectivity index (χ3v) is 7.61. The zero-order valence-corrected chi connectivity index (χ0v) is 24.1. The molecule has 5 nitrogen and oxygen atoms in total. The number of hydrogen-bond donors (Lipinski definition) is 0. The molecule has 3 rings (SSSR count). The van der Waals surface area contributed by atoms with Crippen molar-refractivity contribution in [3.63, 3.8) is 0 Å². The number of nitrogens with zero attached hydrogens (tertiary/aromatic N) is 2. The second kappa shape index (κ2) is 12.1. The maximum absolute atomic E-state index is 13.8. The quantitative estimate of drug-likeness (QED) is 0.324. The summed E-state index contributed by atoms with van der Waals surface area (Å²) in [5.74, 6) is -1.01. The fourth-order valence-corrected chi connectivity index (χ4v) is 5.15. The van der Waals surface area contributed by atoms with Gasteiger partial charge in [0.05, 0.1) is 17.2 Å². The summed E-state index contributed by atoms with van der Waals surface area (Å²) in [7, 11) is 1.32. The summed E-state index contributed by atoms with van der Waals surface area (Å²) in [4.78, 5) is 29.1. The molecular weight excluding hydrogens is 569 g/mol. The highest BCUT2D eigenvalue weighted by Gasteiger charge is 2.41. The molecule has 0 aliphatic carbocycles. The first kappa shape index (κ1) is 33.2. The third-order valence-electron chi connectivity index (χ3n) is 7.61. The van der Waals surface area contributed by atoms with E-state index in [1.165, 1.54) is 31.0 Å². The Morgan fingerprint density at radius 1 is 0.929 bits per heavy atom. The maximum Gasteiger partial charge on any atom is 0.416 e. The van der Waals surface area contributed by atoms with Crippen molar-refractivity contribution in [3.05, 3.63) is 70.5 Å². The number of carbonyl (C=O) groups is 2. The van der Waals surface area contributed by atoms with Crippen molar-refractivity contribution in [1.29, 1.82) is 0 Å². The zero-order chi connectivity index (χ0) is 31.7. The number of halogens is 7. The largest absolute Gasteiger partial charge is 0.444 e. The standard InChI is InChI=1S/C30H35F7N2O3/c1-19(20-15-22(29(32,33)34)17-23(16-20)30(35,36)37)38(5)25(40)18-28(21-7-9-24(31)10-8-21)11-6-13-39(14-12-28)26(41)42-27(2,3)4/h7-10,15-17,19H,6,11-14,18H2,1-5H3/t19-,28?/m1/s1. The van der Waals surface area contributed by atoms with E-state index in [2.05, 4.69) is 0 Å². The minimum Gasteiger partial charge on any atom is -0.444 e. The number of carbonyl (C=O) groups excluding carboxylic acids is 2. The molecule has 0 N–H and O–H groups in total. The van der Waals surface area contributed by atoms with Crippen LogP contribution in [0.2, 0.25) is 0 Å². The molecule has 0 aromatic heterocycles. The van der Waals surface area contributed by atoms with Crippen LogP contribution in [0.1, 0.15) is 81.7 Å². The van der Waals surface area contributed by atoms with Gasteiger partial charge in [-0.1, -0.05) is 12.1 Å². The van der Waals surface area contributed by atoms with Crippen LogP contribution in [-0.4, -0.2) is 47.5 Å². The van der Waals surface area contributed by atoms with Crippen molar-refractivity contribution in [3.8, 4) is 0 Å². The Kier molecular flexibility index (Phi) is 9.58. The first-order valence-corrected chi connectivity index (χ1v) is 13.5. The topological polar surface area (TPSA) is 49.9 Å². The molecule has 1 aliphatic heterocycles.